The molecule has 0 bridgehead atoms. The molecular weight excluding hydrogens is 298 g/mol. The van der Waals surface area contributed by atoms with Crippen molar-refractivity contribution in [2.75, 3.05) is 0 Å². The predicted octanol–water partition coefficient (Wildman–Crippen LogP) is 4.56. The van der Waals surface area contributed by atoms with E-state index >= 15 is 0 Å². The average molecular weight is 324 g/mol. The summed E-state index contributed by atoms with van der Waals surface area (Å²) in [7, 11) is 0. The summed E-state index contributed by atoms with van der Waals surface area (Å²) in [5, 5.41) is 3.88. The summed E-state index contributed by atoms with van der Waals surface area (Å²) >= 11 is 6.16. The van der Waals surface area contributed by atoms with E-state index in [0.717, 1.165) is 29.0 Å². The van der Waals surface area contributed by atoms with Gasteiger partial charge in [0.1, 0.15) is 5.75 Å². The second-order valence-corrected chi connectivity index (χ2v) is 6.71. The minimum absolute atomic E-state index is 0.0304. The van der Waals surface area contributed by atoms with Crippen LogP contribution in [-0.2, 0) is 4.79 Å². The summed E-state index contributed by atoms with van der Waals surface area (Å²) in [6.07, 6.45) is 6.63. The highest BCUT2D eigenvalue weighted by Gasteiger charge is 2.20. The van der Waals surface area contributed by atoms with Gasteiger partial charge in [-0.3, -0.25) is 4.79 Å². The maximum atomic E-state index is 12.3. The fraction of sp³-hybridized carbons (Fsp3) is 0.611. The Morgan fingerprint density at radius 3 is 2.27 bits per heavy atom. The number of benzene rings is 1. The van der Waals surface area contributed by atoms with E-state index < -0.39 is 6.10 Å². The molecule has 1 aromatic carbocycles. The molecule has 1 fully saturated rings. The topological polar surface area (TPSA) is 38.3 Å². The van der Waals surface area contributed by atoms with Crippen LogP contribution in [0.1, 0.15) is 56.6 Å². The molecule has 1 atom stereocenters. The van der Waals surface area contributed by atoms with E-state index in [0.29, 0.717) is 11.8 Å². The van der Waals surface area contributed by atoms with E-state index in [2.05, 4.69) is 5.32 Å². The highest BCUT2D eigenvalue weighted by molar-refractivity contribution is 6.32. The zero-order valence-electron chi connectivity index (χ0n) is 13.7. The molecule has 3 nitrogen and oxygen atoms in total. The lowest BCUT2D eigenvalue weighted by atomic mass is 10.1. The van der Waals surface area contributed by atoms with Gasteiger partial charge in [0, 0.05) is 11.1 Å². The van der Waals surface area contributed by atoms with Crippen LogP contribution in [0.4, 0.5) is 0 Å². The lowest BCUT2D eigenvalue weighted by Gasteiger charge is -2.20. The smallest absolute Gasteiger partial charge is 0.260 e. The van der Waals surface area contributed by atoms with Crippen molar-refractivity contribution in [2.45, 2.75) is 71.4 Å². The molecule has 122 valence electrons. The molecule has 0 heterocycles. The SMILES string of the molecule is Cc1cc(O[C@H](C)C(=O)NC2CCCCCC2)cc(C)c1Cl. The van der Waals surface area contributed by atoms with Gasteiger partial charge < -0.3 is 10.1 Å². The molecule has 22 heavy (non-hydrogen) atoms. The first-order valence-corrected chi connectivity index (χ1v) is 8.59. The van der Waals surface area contributed by atoms with Crippen LogP contribution in [0.2, 0.25) is 5.02 Å². The third-order valence-electron chi connectivity index (χ3n) is 4.29. The number of halogens is 1. The molecule has 1 saturated carbocycles. The van der Waals surface area contributed by atoms with Gasteiger partial charge in [0.25, 0.3) is 5.91 Å². The van der Waals surface area contributed by atoms with Crippen LogP contribution in [0, 0.1) is 13.8 Å². The number of hydrogen-bond donors (Lipinski definition) is 1. The Morgan fingerprint density at radius 2 is 1.73 bits per heavy atom. The third-order valence-corrected chi connectivity index (χ3v) is 4.89. The summed E-state index contributed by atoms with van der Waals surface area (Å²) in [5.41, 5.74) is 1.93. The van der Waals surface area contributed by atoms with E-state index in [-0.39, 0.29) is 5.91 Å². The van der Waals surface area contributed by atoms with E-state index in [4.69, 9.17) is 16.3 Å². The van der Waals surface area contributed by atoms with Gasteiger partial charge in [0.05, 0.1) is 0 Å². The van der Waals surface area contributed by atoms with Crippen molar-refractivity contribution >= 4 is 17.5 Å². The minimum atomic E-state index is -0.497. The summed E-state index contributed by atoms with van der Waals surface area (Å²) < 4.78 is 5.79. The molecule has 0 unspecified atom stereocenters. The number of amides is 1. The lowest BCUT2D eigenvalue weighted by molar-refractivity contribution is -0.128. The minimum Gasteiger partial charge on any atom is -0.481 e. The van der Waals surface area contributed by atoms with Gasteiger partial charge in [-0.05, 0) is 56.9 Å². The van der Waals surface area contributed by atoms with E-state index in [9.17, 15) is 4.79 Å². The van der Waals surface area contributed by atoms with Crippen molar-refractivity contribution in [3.63, 3.8) is 0 Å². The summed E-state index contributed by atoms with van der Waals surface area (Å²) in [4.78, 5) is 12.3. The highest BCUT2D eigenvalue weighted by Crippen LogP contribution is 2.26. The van der Waals surface area contributed by atoms with E-state index in [1.165, 1.54) is 25.7 Å². The maximum absolute atomic E-state index is 12.3. The quantitative estimate of drug-likeness (QED) is 0.825. The van der Waals surface area contributed by atoms with Crippen LogP contribution in [0.15, 0.2) is 12.1 Å². The van der Waals surface area contributed by atoms with Gasteiger partial charge in [-0.2, -0.15) is 0 Å². The third kappa shape index (κ3) is 4.64. The molecule has 0 saturated heterocycles. The molecule has 2 rings (SSSR count). The average Bonchev–Trinajstić information content (AvgIpc) is 2.73. The number of rotatable bonds is 4. The molecule has 1 amide bonds. The van der Waals surface area contributed by atoms with Gasteiger partial charge in [-0.15, -0.1) is 0 Å². The Kier molecular flexibility index (Phi) is 6.13. The largest absolute Gasteiger partial charge is 0.481 e. The van der Waals surface area contributed by atoms with Gasteiger partial charge >= 0.3 is 0 Å². The molecule has 1 aromatic rings. The number of hydrogen-bond acceptors (Lipinski definition) is 2. The zero-order chi connectivity index (χ0) is 16.1. The summed E-state index contributed by atoms with van der Waals surface area (Å²) in [6, 6.07) is 4.06. The Morgan fingerprint density at radius 1 is 1.18 bits per heavy atom. The van der Waals surface area contributed by atoms with Crippen LogP contribution < -0.4 is 10.1 Å². The van der Waals surface area contributed by atoms with Crippen molar-refractivity contribution in [1.82, 2.24) is 5.32 Å². The molecule has 0 aromatic heterocycles. The molecule has 1 aliphatic rings. The van der Waals surface area contributed by atoms with Crippen LogP contribution in [0.25, 0.3) is 0 Å². The molecule has 1 N–H and O–H groups in total. The van der Waals surface area contributed by atoms with Crippen molar-refractivity contribution in [2.24, 2.45) is 0 Å². The fourth-order valence-corrected chi connectivity index (χ4v) is 3.08. The van der Waals surface area contributed by atoms with Crippen molar-refractivity contribution in [1.29, 1.82) is 0 Å². The van der Waals surface area contributed by atoms with Gasteiger partial charge in [0.15, 0.2) is 6.10 Å². The number of nitrogens with one attached hydrogen (secondary N) is 1. The Bertz CT molecular complexity index is 499. The Labute approximate surface area is 138 Å². The van der Waals surface area contributed by atoms with Crippen molar-refractivity contribution < 1.29 is 9.53 Å². The molecule has 0 radical (unpaired) electrons. The second-order valence-electron chi connectivity index (χ2n) is 6.33. The zero-order valence-corrected chi connectivity index (χ0v) is 14.5. The number of ether oxygens (including phenoxy) is 1. The summed E-state index contributed by atoms with van der Waals surface area (Å²) in [5.74, 6) is 0.667. The number of aryl methyl sites for hydroxylation is 2. The molecule has 1 aliphatic carbocycles. The second kappa shape index (κ2) is 7.87. The van der Waals surface area contributed by atoms with Gasteiger partial charge in [0.2, 0.25) is 0 Å². The number of carbonyl (C=O) groups excluding carboxylic acids is 1. The predicted molar refractivity (Wildman–Crippen MR) is 90.6 cm³/mol. The molecule has 0 spiro atoms. The maximum Gasteiger partial charge on any atom is 0.260 e. The standard InChI is InChI=1S/C18H26ClNO2/c1-12-10-16(11-13(2)17(12)19)22-14(3)18(21)20-15-8-6-4-5-7-9-15/h10-11,14-15H,4-9H2,1-3H3,(H,20,21)/t14-/m1/s1. The van der Waals surface area contributed by atoms with Crippen LogP contribution in [0.3, 0.4) is 0 Å². The fourth-order valence-electron chi connectivity index (χ4n) is 2.97. The monoisotopic (exact) mass is 323 g/mol. The highest BCUT2D eigenvalue weighted by atomic mass is 35.5. The normalized spacial score (nSPS) is 17.6. The van der Waals surface area contributed by atoms with Gasteiger partial charge in [-0.25, -0.2) is 0 Å². The van der Waals surface area contributed by atoms with Crippen LogP contribution in [0.5, 0.6) is 5.75 Å². The van der Waals surface area contributed by atoms with Crippen LogP contribution in [-0.4, -0.2) is 18.1 Å². The van der Waals surface area contributed by atoms with Crippen molar-refractivity contribution in [3.05, 3.63) is 28.3 Å². The first-order valence-electron chi connectivity index (χ1n) is 8.21. The lowest BCUT2D eigenvalue weighted by Crippen LogP contribution is -2.42. The first kappa shape index (κ1) is 17.1. The van der Waals surface area contributed by atoms with Crippen LogP contribution >= 0.6 is 11.6 Å². The van der Waals surface area contributed by atoms with Crippen molar-refractivity contribution in [3.8, 4) is 5.75 Å². The Hall–Kier alpha value is -1.22. The molecule has 0 aliphatic heterocycles. The Balaban J connectivity index is 1.93. The molecule has 4 heteroatoms. The van der Waals surface area contributed by atoms with E-state index in [1.807, 2.05) is 26.0 Å². The van der Waals surface area contributed by atoms with E-state index in [1.54, 1.807) is 6.92 Å². The molecular formula is C18H26ClNO2. The van der Waals surface area contributed by atoms with Gasteiger partial charge in [-0.1, -0.05) is 37.3 Å². The number of carbonyl (C=O) groups is 1. The summed E-state index contributed by atoms with van der Waals surface area (Å²) in [6.45, 7) is 5.68. The first-order chi connectivity index (χ1) is 10.5.